The fourth-order valence-corrected chi connectivity index (χ4v) is 2.54. The molecule has 0 spiro atoms. The van der Waals surface area contributed by atoms with Crippen molar-refractivity contribution in [3.8, 4) is 11.4 Å². The van der Waals surface area contributed by atoms with Crippen LogP contribution in [0.1, 0.15) is 17.7 Å². The summed E-state index contributed by atoms with van der Waals surface area (Å²) in [5.41, 5.74) is 1.81. The van der Waals surface area contributed by atoms with Gasteiger partial charge in [0.1, 0.15) is 11.6 Å². The number of halogens is 2. The van der Waals surface area contributed by atoms with Crippen LogP contribution in [-0.2, 0) is 17.6 Å². The fraction of sp³-hybridized carbons (Fsp3) is 0.267. The summed E-state index contributed by atoms with van der Waals surface area (Å²) in [6.45, 7) is 0. The molecule has 0 amide bonds. The molecule has 0 fully saturated rings. The molecule has 1 aliphatic rings. The lowest BCUT2D eigenvalue weighted by atomic mass is 9.87. The lowest BCUT2D eigenvalue weighted by molar-refractivity contribution is -0.142. The van der Waals surface area contributed by atoms with Crippen molar-refractivity contribution in [3.63, 3.8) is 0 Å². The molecule has 1 aliphatic carbocycles. The lowest BCUT2D eigenvalue weighted by Crippen LogP contribution is -2.23. The Hall–Kier alpha value is -2.37. The minimum atomic E-state index is -0.822. The quantitative estimate of drug-likeness (QED) is 0.923. The fourth-order valence-electron chi connectivity index (χ4n) is 2.54. The smallest absolute Gasteiger partial charge is 0.306 e. The monoisotopic (exact) mass is 290 g/mol. The van der Waals surface area contributed by atoms with E-state index in [1.54, 1.807) is 6.20 Å². The number of rotatable bonds is 2. The Bertz CT molecular complexity index is 699. The van der Waals surface area contributed by atoms with E-state index in [9.17, 15) is 13.6 Å². The van der Waals surface area contributed by atoms with Gasteiger partial charge in [-0.1, -0.05) is 0 Å². The van der Waals surface area contributed by atoms with E-state index in [1.807, 2.05) is 0 Å². The molecule has 2 aromatic rings. The van der Waals surface area contributed by atoms with Gasteiger partial charge in [-0.3, -0.25) is 4.79 Å². The molecule has 0 aliphatic heterocycles. The van der Waals surface area contributed by atoms with Crippen LogP contribution >= 0.6 is 0 Å². The van der Waals surface area contributed by atoms with Crippen LogP contribution in [-0.4, -0.2) is 21.0 Å². The molecule has 108 valence electrons. The number of carboxylic acids is 1. The van der Waals surface area contributed by atoms with Gasteiger partial charge >= 0.3 is 5.97 Å². The third kappa shape index (κ3) is 2.74. The molecule has 0 radical (unpaired) electrons. The Kier molecular flexibility index (Phi) is 3.37. The van der Waals surface area contributed by atoms with Gasteiger partial charge in [-0.05, 0) is 37.0 Å². The van der Waals surface area contributed by atoms with Crippen LogP contribution in [0.4, 0.5) is 8.78 Å². The van der Waals surface area contributed by atoms with E-state index in [0.29, 0.717) is 19.3 Å². The molecule has 1 heterocycles. The molecule has 6 heteroatoms. The van der Waals surface area contributed by atoms with E-state index in [-0.39, 0.29) is 11.4 Å². The zero-order chi connectivity index (χ0) is 15.0. The molecular formula is C15H12F2N2O2. The number of aliphatic carboxylic acids is 1. The molecule has 0 saturated carbocycles. The molecule has 4 nitrogen and oxygen atoms in total. The number of aromatic nitrogens is 2. The van der Waals surface area contributed by atoms with Crippen molar-refractivity contribution in [1.29, 1.82) is 0 Å². The van der Waals surface area contributed by atoms with Crippen molar-refractivity contribution in [2.75, 3.05) is 0 Å². The second-order valence-corrected chi connectivity index (χ2v) is 5.10. The van der Waals surface area contributed by atoms with Crippen molar-refractivity contribution in [2.45, 2.75) is 19.3 Å². The summed E-state index contributed by atoms with van der Waals surface area (Å²) in [6, 6.07) is 3.14. The van der Waals surface area contributed by atoms with E-state index in [2.05, 4.69) is 9.97 Å². The molecule has 1 atom stereocenters. The van der Waals surface area contributed by atoms with Crippen molar-refractivity contribution < 1.29 is 18.7 Å². The highest BCUT2D eigenvalue weighted by atomic mass is 19.1. The molecule has 1 aromatic carbocycles. The number of aryl methyl sites for hydroxylation is 1. The predicted molar refractivity (Wildman–Crippen MR) is 70.5 cm³/mol. The van der Waals surface area contributed by atoms with Crippen LogP contribution in [0, 0.1) is 17.6 Å². The van der Waals surface area contributed by atoms with Crippen LogP contribution in [0.2, 0.25) is 0 Å². The average Bonchev–Trinajstić information content (AvgIpc) is 2.45. The van der Waals surface area contributed by atoms with E-state index < -0.39 is 23.5 Å². The van der Waals surface area contributed by atoms with Gasteiger partial charge in [-0.15, -0.1) is 0 Å². The van der Waals surface area contributed by atoms with E-state index >= 15 is 0 Å². The second-order valence-electron chi connectivity index (χ2n) is 5.10. The Balaban J connectivity index is 1.95. The first-order valence-corrected chi connectivity index (χ1v) is 6.57. The SMILES string of the molecule is O=C(O)C1CCc2nc(-c3cc(F)cc(F)c3)ncc2C1. The summed E-state index contributed by atoms with van der Waals surface area (Å²) in [6.07, 6.45) is 2.98. The number of benzene rings is 1. The van der Waals surface area contributed by atoms with E-state index in [0.717, 1.165) is 17.3 Å². The summed E-state index contributed by atoms with van der Waals surface area (Å²) in [4.78, 5) is 19.4. The van der Waals surface area contributed by atoms with E-state index in [4.69, 9.17) is 5.11 Å². The highest BCUT2D eigenvalue weighted by molar-refractivity contribution is 5.71. The van der Waals surface area contributed by atoms with Gasteiger partial charge in [-0.25, -0.2) is 18.7 Å². The zero-order valence-corrected chi connectivity index (χ0v) is 11.0. The number of carbonyl (C=O) groups is 1. The number of carboxylic acid groups (broad SMARTS) is 1. The molecule has 1 N–H and O–H groups in total. The molecule has 0 bridgehead atoms. The van der Waals surface area contributed by atoms with Gasteiger partial charge < -0.3 is 5.11 Å². The lowest BCUT2D eigenvalue weighted by Gasteiger charge is -2.20. The Labute approximate surface area is 119 Å². The third-order valence-electron chi connectivity index (χ3n) is 3.62. The van der Waals surface area contributed by atoms with Gasteiger partial charge in [0.25, 0.3) is 0 Å². The summed E-state index contributed by atoms with van der Waals surface area (Å²) in [7, 11) is 0. The molecule has 0 saturated heterocycles. The minimum absolute atomic E-state index is 0.251. The largest absolute Gasteiger partial charge is 0.481 e. The Morgan fingerprint density at radius 3 is 2.62 bits per heavy atom. The summed E-state index contributed by atoms with van der Waals surface area (Å²) >= 11 is 0. The Morgan fingerprint density at radius 1 is 1.24 bits per heavy atom. The van der Waals surface area contributed by atoms with Crippen molar-refractivity contribution >= 4 is 5.97 Å². The zero-order valence-electron chi connectivity index (χ0n) is 11.0. The Morgan fingerprint density at radius 2 is 1.95 bits per heavy atom. The predicted octanol–water partition coefficient (Wildman–Crippen LogP) is 2.61. The van der Waals surface area contributed by atoms with Gasteiger partial charge in [0.2, 0.25) is 0 Å². The van der Waals surface area contributed by atoms with Crippen molar-refractivity contribution in [2.24, 2.45) is 5.92 Å². The average molecular weight is 290 g/mol. The number of hydrogen-bond acceptors (Lipinski definition) is 3. The maximum Gasteiger partial charge on any atom is 0.306 e. The highest BCUT2D eigenvalue weighted by Crippen LogP contribution is 2.26. The van der Waals surface area contributed by atoms with Gasteiger partial charge in [0.15, 0.2) is 5.82 Å². The number of fused-ring (bicyclic) bond motifs is 1. The van der Waals surface area contributed by atoms with Crippen LogP contribution in [0.25, 0.3) is 11.4 Å². The normalized spacial score (nSPS) is 17.3. The summed E-state index contributed by atoms with van der Waals surface area (Å²) < 4.78 is 26.5. The van der Waals surface area contributed by atoms with Gasteiger partial charge in [-0.2, -0.15) is 0 Å². The minimum Gasteiger partial charge on any atom is -0.481 e. The molecule has 1 aromatic heterocycles. The number of nitrogens with zero attached hydrogens (tertiary/aromatic N) is 2. The van der Waals surface area contributed by atoms with Crippen molar-refractivity contribution in [3.05, 3.63) is 47.3 Å². The van der Waals surface area contributed by atoms with Crippen molar-refractivity contribution in [1.82, 2.24) is 9.97 Å². The highest BCUT2D eigenvalue weighted by Gasteiger charge is 2.25. The first-order valence-electron chi connectivity index (χ1n) is 6.57. The van der Waals surface area contributed by atoms with Gasteiger partial charge in [0, 0.05) is 23.5 Å². The first-order chi connectivity index (χ1) is 10.0. The van der Waals surface area contributed by atoms with Gasteiger partial charge in [0.05, 0.1) is 5.92 Å². The number of hydrogen-bond donors (Lipinski definition) is 1. The van der Waals surface area contributed by atoms with Crippen LogP contribution in [0.5, 0.6) is 0 Å². The second kappa shape index (κ2) is 5.20. The van der Waals surface area contributed by atoms with Crippen LogP contribution < -0.4 is 0 Å². The third-order valence-corrected chi connectivity index (χ3v) is 3.62. The summed E-state index contributed by atoms with van der Waals surface area (Å²) in [5.74, 6) is -2.36. The molecule has 1 unspecified atom stereocenters. The standard InChI is InChI=1S/C15H12F2N2O2/c16-11-4-9(5-12(17)6-11)14-18-7-10-3-8(15(20)21)1-2-13(10)19-14/h4-8H,1-3H2,(H,20,21). The van der Waals surface area contributed by atoms with E-state index in [1.165, 1.54) is 12.1 Å². The maximum absolute atomic E-state index is 13.2. The van der Waals surface area contributed by atoms with Crippen LogP contribution in [0.15, 0.2) is 24.4 Å². The first kappa shape index (κ1) is 13.6. The van der Waals surface area contributed by atoms with Crippen LogP contribution in [0.3, 0.4) is 0 Å². The molecular weight excluding hydrogens is 278 g/mol. The maximum atomic E-state index is 13.2. The summed E-state index contributed by atoms with van der Waals surface area (Å²) in [5, 5.41) is 9.03. The molecule has 21 heavy (non-hydrogen) atoms. The molecule has 3 rings (SSSR count). The topological polar surface area (TPSA) is 63.1 Å².